The van der Waals surface area contributed by atoms with Crippen LogP contribution < -0.4 is 0 Å². The van der Waals surface area contributed by atoms with Crippen LogP contribution >= 0.6 is 15.9 Å². The molecule has 0 aromatic heterocycles. The van der Waals surface area contributed by atoms with Crippen molar-refractivity contribution < 1.29 is 9.66 Å². The van der Waals surface area contributed by atoms with Crippen LogP contribution in [-0.4, -0.2) is 54.1 Å². The topological polar surface area (TPSA) is 58.9 Å². The summed E-state index contributed by atoms with van der Waals surface area (Å²) in [5, 5.41) is 11.1. The van der Waals surface area contributed by atoms with Gasteiger partial charge in [-0.3, -0.25) is 10.1 Å². The molecule has 0 aromatic rings. The van der Waals surface area contributed by atoms with E-state index in [4.69, 9.17) is 4.74 Å². The Morgan fingerprint density at radius 2 is 2.20 bits per heavy atom. The first-order valence-corrected chi connectivity index (χ1v) is 7.80. The molecule has 2 aliphatic rings. The van der Waals surface area contributed by atoms with Gasteiger partial charge < -0.3 is 14.5 Å². The van der Waals surface area contributed by atoms with Gasteiger partial charge >= 0.3 is 4.61 Å². The summed E-state index contributed by atoms with van der Waals surface area (Å²) >= 11 is 3.14. The molecule has 6 nitrogen and oxygen atoms in total. The molecule has 2 rings (SSSR count). The lowest BCUT2D eigenvalue weighted by molar-refractivity contribution is -0.412. The molecule has 0 bridgehead atoms. The van der Waals surface area contributed by atoms with E-state index < -0.39 is 0 Å². The molecule has 114 valence electrons. The number of ether oxygens (including phenoxy) is 1. The van der Waals surface area contributed by atoms with Crippen LogP contribution in [0.1, 0.15) is 20.3 Å². The summed E-state index contributed by atoms with van der Waals surface area (Å²) in [6, 6.07) is 0.307. The maximum Gasteiger partial charge on any atom is 0.350 e. The Kier molecular flexibility index (Phi) is 4.90. The number of hydrogen-bond acceptors (Lipinski definition) is 5. The molecule has 3 unspecified atom stereocenters. The third-order valence-corrected chi connectivity index (χ3v) is 4.99. The molecule has 2 fully saturated rings. The smallest absolute Gasteiger partial charge is 0.350 e. The van der Waals surface area contributed by atoms with Crippen LogP contribution in [0.3, 0.4) is 0 Å². The monoisotopic (exact) mass is 347 g/mol. The zero-order valence-corrected chi connectivity index (χ0v) is 13.8. The molecule has 0 N–H and O–H groups in total. The number of halogens is 1. The first-order chi connectivity index (χ1) is 9.41. The lowest BCUT2D eigenvalue weighted by Crippen LogP contribution is -2.49. The average molecular weight is 348 g/mol. The summed E-state index contributed by atoms with van der Waals surface area (Å²) in [6.45, 7) is 7.50. The molecule has 0 spiro atoms. The van der Waals surface area contributed by atoms with E-state index in [0.29, 0.717) is 23.7 Å². The second kappa shape index (κ2) is 6.30. The van der Waals surface area contributed by atoms with Crippen molar-refractivity contribution in [2.24, 2.45) is 11.8 Å². The van der Waals surface area contributed by atoms with Crippen molar-refractivity contribution in [3.05, 3.63) is 20.5 Å². The van der Waals surface area contributed by atoms with Gasteiger partial charge in [-0.2, -0.15) is 0 Å². The minimum Gasteiger partial charge on any atom is -0.381 e. The summed E-state index contributed by atoms with van der Waals surface area (Å²) in [5.74, 6) is 1.63. The average Bonchev–Trinajstić information content (AvgIpc) is 2.79. The van der Waals surface area contributed by atoms with Gasteiger partial charge in [0, 0.05) is 54.6 Å². The summed E-state index contributed by atoms with van der Waals surface area (Å²) in [7, 11) is 1.91. The fourth-order valence-corrected chi connectivity index (χ4v) is 3.42. The van der Waals surface area contributed by atoms with E-state index in [2.05, 4.69) is 34.7 Å². The summed E-state index contributed by atoms with van der Waals surface area (Å²) in [5.41, 5.74) is 0. The highest BCUT2D eigenvalue weighted by Crippen LogP contribution is 2.31. The Hall–Kier alpha value is -0.820. The van der Waals surface area contributed by atoms with E-state index in [0.717, 1.165) is 32.7 Å². The molecule has 2 heterocycles. The SMILES string of the molecule is CC1COCC1CN1C(=C(Br)[N+](=O)[O-])N(C)CCC1C. The van der Waals surface area contributed by atoms with Gasteiger partial charge in [0.15, 0.2) is 5.82 Å². The number of nitro groups is 1. The van der Waals surface area contributed by atoms with Crippen LogP contribution in [-0.2, 0) is 4.74 Å². The zero-order valence-electron chi connectivity index (χ0n) is 12.2. The Bertz CT molecular complexity index is 416. The van der Waals surface area contributed by atoms with Crippen molar-refractivity contribution in [1.82, 2.24) is 9.80 Å². The van der Waals surface area contributed by atoms with Crippen molar-refractivity contribution in [3.63, 3.8) is 0 Å². The van der Waals surface area contributed by atoms with Crippen molar-refractivity contribution in [2.45, 2.75) is 26.3 Å². The molecule has 2 aliphatic heterocycles. The van der Waals surface area contributed by atoms with Crippen molar-refractivity contribution in [2.75, 3.05) is 33.4 Å². The van der Waals surface area contributed by atoms with E-state index in [1.54, 1.807) is 0 Å². The summed E-state index contributed by atoms with van der Waals surface area (Å²) < 4.78 is 5.57. The van der Waals surface area contributed by atoms with E-state index in [1.807, 2.05) is 11.9 Å². The quantitative estimate of drug-likeness (QED) is 0.444. The van der Waals surface area contributed by atoms with Gasteiger partial charge in [0.05, 0.1) is 11.5 Å². The van der Waals surface area contributed by atoms with Crippen LogP contribution in [0.15, 0.2) is 10.4 Å². The van der Waals surface area contributed by atoms with Gasteiger partial charge in [-0.15, -0.1) is 0 Å². The summed E-state index contributed by atoms with van der Waals surface area (Å²) in [6.07, 6.45) is 1.01. The Balaban J connectivity index is 2.24. The highest BCUT2D eigenvalue weighted by atomic mass is 79.9. The van der Waals surface area contributed by atoms with E-state index >= 15 is 0 Å². The van der Waals surface area contributed by atoms with E-state index in [1.165, 1.54) is 0 Å². The van der Waals surface area contributed by atoms with Gasteiger partial charge in [-0.05, 0) is 19.3 Å². The molecule has 0 radical (unpaired) electrons. The third-order valence-electron chi connectivity index (χ3n) is 4.34. The normalized spacial score (nSPS) is 33.5. The second-order valence-corrected chi connectivity index (χ2v) is 6.61. The standard InChI is InChI=1S/C13H22BrN3O3/c1-9-7-20-8-11(9)6-16-10(2)4-5-15(3)13(16)12(14)17(18)19/h9-11H,4-8H2,1-3H3. The lowest BCUT2D eigenvalue weighted by atomic mass is 9.96. The minimum absolute atomic E-state index is 0.0538. The first kappa shape index (κ1) is 15.6. The predicted octanol–water partition coefficient (Wildman–Crippen LogP) is 2.09. The highest BCUT2D eigenvalue weighted by molar-refractivity contribution is 9.11. The predicted molar refractivity (Wildman–Crippen MR) is 79.8 cm³/mol. The Morgan fingerprint density at radius 1 is 1.50 bits per heavy atom. The van der Waals surface area contributed by atoms with Crippen LogP contribution in [0, 0.1) is 22.0 Å². The first-order valence-electron chi connectivity index (χ1n) is 7.01. The van der Waals surface area contributed by atoms with Crippen LogP contribution in [0.25, 0.3) is 0 Å². The lowest BCUT2D eigenvalue weighted by Gasteiger charge is -2.43. The van der Waals surface area contributed by atoms with E-state index in [-0.39, 0.29) is 9.53 Å². The van der Waals surface area contributed by atoms with Gasteiger partial charge in [0.1, 0.15) is 0 Å². The Labute approximate surface area is 128 Å². The molecule has 0 aromatic carbocycles. The van der Waals surface area contributed by atoms with Crippen LogP contribution in [0.4, 0.5) is 0 Å². The highest BCUT2D eigenvalue weighted by Gasteiger charge is 2.36. The van der Waals surface area contributed by atoms with E-state index in [9.17, 15) is 10.1 Å². The van der Waals surface area contributed by atoms with Gasteiger partial charge in [-0.1, -0.05) is 6.92 Å². The number of nitrogens with zero attached hydrogens (tertiary/aromatic N) is 3. The second-order valence-electron chi connectivity index (χ2n) is 5.86. The van der Waals surface area contributed by atoms with Gasteiger partial charge in [0.2, 0.25) is 0 Å². The van der Waals surface area contributed by atoms with Crippen molar-refractivity contribution in [3.8, 4) is 0 Å². The van der Waals surface area contributed by atoms with Crippen molar-refractivity contribution >= 4 is 15.9 Å². The van der Waals surface area contributed by atoms with Gasteiger partial charge in [-0.25, -0.2) is 0 Å². The molecule has 20 heavy (non-hydrogen) atoms. The molecule has 0 amide bonds. The third kappa shape index (κ3) is 3.09. The molecule has 2 saturated heterocycles. The van der Waals surface area contributed by atoms with Crippen molar-refractivity contribution in [1.29, 1.82) is 0 Å². The molecule has 7 heteroatoms. The summed E-state index contributed by atoms with van der Waals surface area (Å²) in [4.78, 5) is 14.9. The van der Waals surface area contributed by atoms with Gasteiger partial charge in [0.25, 0.3) is 0 Å². The zero-order chi connectivity index (χ0) is 14.9. The van der Waals surface area contributed by atoms with Crippen LogP contribution in [0.2, 0.25) is 0 Å². The molecule has 0 saturated carbocycles. The molecular formula is C13H22BrN3O3. The maximum atomic E-state index is 11.1. The molecule has 0 aliphatic carbocycles. The maximum absolute atomic E-state index is 11.1. The molecular weight excluding hydrogens is 326 g/mol. The molecule has 3 atom stereocenters. The fraction of sp³-hybridized carbons (Fsp3) is 0.846. The largest absolute Gasteiger partial charge is 0.381 e. The number of hydrogen-bond donors (Lipinski definition) is 0. The van der Waals surface area contributed by atoms with Crippen LogP contribution in [0.5, 0.6) is 0 Å². The minimum atomic E-state index is -0.356. The fourth-order valence-electron chi connectivity index (χ4n) is 2.89. The number of rotatable bonds is 3. The Morgan fingerprint density at radius 3 is 2.75 bits per heavy atom.